The van der Waals surface area contributed by atoms with Gasteiger partial charge >= 0.3 is 0 Å². The van der Waals surface area contributed by atoms with Gasteiger partial charge in [0.05, 0.1) is 6.10 Å². The molecular formula is C10H21O. The first-order chi connectivity index (χ1) is 5.22. The molecule has 1 radical (unpaired) electrons. The van der Waals surface area contributed by atoms with Gasteiger partial charge in [-0.3, -0.25) is 0 Å². The topological polar surface area (TPSA) is 20.2 Å². The van der Waals surface area contributed by atoms with Gasteiger partial charge in [-0.25, -0.2) is 0 Å². The summed E-state index contributed by atoms with van der Waals surface area (Å²) in [5, 5.41) is 9.50. The van der Waals surface area contributed by atoms with Crippen LogP contribution >= 0.6 is 0 Å². The minimum atomic E-state index is -0.126. The predicted molar refractivity (Wildman–Crippen MR) is 49.3 cm³/mol. The lowest BCUT2D eigenvalue weighted by Crippen LogP contribution is -2.16. The molecule has 0 aromatic carbocycles. The number of hydrogen-bond donors (Lipinski definition) is 1. The van der Waals surface area contributed by atoms with Crippen molar-refractivity contribution in [2.24, 2.45) is 5.92 Å². The van der Waals surface area contributed by atoms with E-state index in [1.165, 1.54) is 12.8 Å². The highest BCUT2D eigenvalue weighted by atomic mass is 16.3. The summed E-state index contributed by atoms with van der Waals surface area (Å²) in [7, 11) is 0. The fourth-order valence-electron chi connectivity index (χ4n) is 1.21. The normalized spacial score (nSPS) is 16.4. The van der Waals surface area contributed by atoms with Crippen molar-refractivity contribution in [2.75, 3.05) is 0 Å². The first-order valence-electron chi connectivity index (χ1n) is 4.69. The predicted octanol–water partition coefficient (Wildman–Crippen LogP) is 2.79. The first kappa shape index (κ1) is 11.0. The zero-order chi connectivity index (χ0) is 8.69. The number of aliphatic hydroxyl groups excluding tert-OH is 1. The summed E-state index contributed by atoms with van der Waals surface area (Å²) in [4.78, 5) is 0. The summed E-state index contributed by atoms with van der Waals surface area (Å²) < 4.78 is 0. The second-order valence-electron chi connectivity index (χ2n) is 3.33. The van der Waals surface area contributed by atoms with Crippen LogP contribution in [0.25, 0.3) is 0 Å². The average molecular weight is 157 g/mol. The van der Waals surface area contributed by atoms with Gasteiger partial charge in [-0.1, -0.05) is 40.0 Å². The maximum Gasteiger partial charge on any atom is 0.0565 e. The molecule has 0 aliphatic carbocycles. The van der Waals surface area contributed by atoms with Crippen molar-refractivity contribution in [3.05, 3.63) is 6.92 Å². The van der Waals surface area contributed by atoms with Crippen molar-refractivity contribution < 1.29 is 5.11 Å². The van der Waals surface area contributed by atoms with Crippen LogP contribution in [-0.2, 0) is 0 Å². The largest absolute Gasteiger partial charge is 0.393 e. The summed E-state index contributed by atoms with van der Waals surface area (Å²) in [6.45, 7) is 8.03. The second kappa shape index (κ2) is 6.66. The van der Waals surface area contributed by atoms with E-state index in [1.807, 2.05) is 0 Å². The van der Waals surface area contributed by atoms with Gasteiger partial charge in [0.15, 0.2) is 0 Å². The van der Waals surface area contributed by atoms with Crippen molar-refractivity contribution in [3.63, 3.8) is 0 Å². The van der Waals surface area contributed by atoms with E-state index in [0.717, 1.165) is 19.3 Å². The summed E-state index contributed by atoms with van der Waals surface area (Å²) in [6.07, 6.45) is 5.18. The van der Waals surface area contributed by atoms with Crippen LogP contribution in [0.5, 0.6) is 0 Å². The minimum absolute atomic E-state index is 0.126. The molecule has 1 N–H and O–H groups in total. The monoisotopic (exact) mass is 157 g/mol. The lowest BCUT2D eigenvalue weighted by molar-refractivity contribution is 0.103. The average Bonchev–Trinajstić information content (AvgIpc) is 2.00. The van der Waals surface area contributed by atoms with Crippen LogP contribution in [0, 0.1) is 12.8 Å². The van der Waals surface area contributed by atoms with Gasteiger partial charge in [-0.2, -0.15) is 0 Å². The molecule has 0 aromatic rings. The van der Waals surface area contributed by atoms with Gasteiger partial charge in [-0.05, 0) is 18.8 Å². The molecule has 0 saturated carbocycles. The Morgan fingerprint density at radius 3 is 2.45 bits per heavy atom. The molecule has 0 aliphatic rings. The molecule has 0 spiro atoms. The smallest absolute Gasteiger partial charge is 0.0565 e. The standard InChI is InChI=1S/C10H21O/c1-4-6-8-9(3)10(11)7-5-2/h9-11H,2,4-8H2,1,3H3. The maximum absolute atomic E-state index is 9.50. The van der Waals surface area contributed by atoms with E-state index >= 15 is 0 Å². The highest BCUT2D eigenvalue weighted by Gasteiger charge is 2.11. The van der Waals surface area contributed by atoms with E-state index < -0.39 is 0 Å². The van der Waals surface area contributed by atoms with E-state index in [0.29, 0.717) is 5.92 Å². The Morgan fingerprint density at radius 1 is 1.36 bits per heavy atom. The fraction of sp³-hybridized carbons (Fsp3) is 0.900. The lowest BCUT2D eigenvalue weighted by Gasteiger charge is -2.17. The number of hydrogen-bond acceptors (Lipinski definition) is 1. The van der Waals surface area contributed by atoms with Gasteiger partial charge in [0.2, 0.25) is 0 Å². The summed E-state index contributed by atoms with van der Waals surface area (Å²) in [6, 6.07) is 0. The van der Waals surface area contributed by atoms with E-state index in [1.54, 1.807) is 0 Å². The second-order valence-corrected chi connectivity index (χ2v) is 3.33. The Labute approximate surface area is 70.8 Å². The molecule has 1 heteroatoms. The maximum atomic E-state index is 9.50. The van der Waals surface area contributed by atoms with Crippen LogP contribution in [0.2, 0.25) is 0 Å². The molecule has 0 aromatic heterocycles. The Bertz CT molecular complexity index is 80.9. The molecule has 1 nitrogen and oxygen atoms in total. The van der Waals surface area contributed by atoms with E-state index in [9.17, 15) is 5.11 Å². The third-order valence-electron chi connectivity index (χ3n) is 2.17. The van der Waals surface area contributed by atoms with Gasteiger partial charge in [0.1, 0.15) is 0 Å². The van der Waals surface area contributed by atoms with Crippen molar-refractivity contribution in [2.45, 2.75) is 52.1 Å². The molecule has 0 saturated heterocycles. The van der Waals surface area contributed by atoms with Crippen LogP contribution < -0.4 is 0 Å². The molecule has 0 amide bonds. The zero-order valence-electron chi connectivity index (χ0n) is 7.84. The Kier molecular flexibility index (Phi) is 6.63. The third-order valence-corrected chi connectivity index (χ3v) is 2.17. The molecule has 2 atom stereocenters. The van der Waals surface area contributed by atoms with Crippen molar-refractivity contribution in [3.8, 4) is 0 Å². The third kappa shape index (κ3) is 5.25. The molecule has 0 bridgehead atoms. The molecule has 0 aliphatic heterocycles. The van der Waals surface area contributed by atoms with Gasteiger partial charge in [0.25, 0.3) is 0 Å². The van der Waals surface area contributed by atoms with E-state index in [2.05, 4.69) is 20.8 Å². The van der Waals surface area contributed by atoms with Crippen molar-refractivity contribution >= 4 is 0 Å². The molecule has 67 valence electrons. The Morgan fingerprint density at radius 2 is 2.00 bits per heavy atom. The molecule has 0 heterocycles. The molecular weight excluding hydrogens is 136 g/mol. The number of aliphatic hydroxyl groups is 1. The quantitative estimate of drug-likeness (QED) is 0.628. The van der Waals surface area contributed by atoms with Crippen LogP contribution in [0.1, 0.15) is 46.0 Å². The summed E-state index contributed by atoms with van der Waals surface area (Å²) in [5.74, 6) is 0.455. The van der Waals surface area contributed by atoms with Crippen molar-refractivity contribution in [1.29, 1.82) is 0 Å². The van der Waals surface area contributed by atoms with Gasteiger partial charge in [-0.15, -0.1) is 0 Å². The SMILES string of the molecule is [CH2]CCC(O)C(C)CCCC. The molecule has 2 unspecified atom stereocenters. The van der Waals surface area contributed by atoms with Crippen LogP contribution in [0.15, 0.2) is 0 Å². The zero-order valence-corrected chi connectivity index (χ0v) is 7.84. The molecule has 11 heavy (non-hydrogen) atoms. The lowest BCUT2D eigenvalue weighted by atomic mass is 9.95. The Hall–Kier alpha value is -0.0400. The van der Waals surface area contributed by atoms with Crippen LogP contribution in [0.3, 0.4) is 0 Å². The highest BCUT2D eigenvalue weighted by Crippen LogP contribution is 2.15. The molecule has 0 fully saturated rings. The van der Waals surface area contributed by atoms with Gasteiger partial charge < -0.3 is 5.11 Å². The summed E-state index contributed by atoms with van der Waals surface area (Å²) in [5.41, 5.74) is 0. The van der Waals surface area contributed by atoms with Crippen molar-refractivity contribution in [1.82, 2.24) is 0 Å². The summed E-state index contributed by atoms with van der Waals surface area (Å²) >= 11 is 0. The van der Waals surface area contributed by atoms with E-state index in [-0.39, 0.29) is 6.10 Å². The van der Waals surface area contributed by atoms with Gasteiger partial charge in [0, 0.05) is 0 Å². The Balaban J connectivity index is 3.38. The fourth-order valence-corrected chi connectivity index (χ4v) is 1.21. The van der Waals surface area contributed by atoms with Crippen LogP contribution in [0.4, 0.5) is 0 Å². The number of unbranched alkanes of at least 4 members (excludes halogenated alkanes) is 1. The highest BCUT2D eigenvalue weighted by molar-refractivity contribution is 4.64. The van der Waals surface area contributed by atoms with Crippen LogP contribution in [-0.4, -0.2) is 11.2 Å². The molecule has 0 rings (SSSR count). The van der Waals surface area contributed by atoms with E-state index in [4.69, 9.17) is 0 Å². The first-order valence-corrected chi connectivity index (χ1v) is 4.69. The number of rotatable bonds is 6. The minimum Gasteiger partial charge on any atom is -0.393 e.